The number of carbonyl (C=O) groups excluding carboxylic acids is 1. The summed E-state index contributed by atoms with van der Waals surface area (Å²) in [5.41, 5.74) is 0.823. The van der Waals surface area contributed by atoms with Crippen molar-refractivity contribution >= 4 is 15.9 Å². The fourth-order valence-corrected chi connectivity index (χ4v) is 4.80. The number of nitrogens with one attached hydrogen (secondary N) is 1. The van der Waals surface area contributed by atoms with Gasteiger partial charge in [0.05, 0.1) is 52.9 Å². The van der Waals surface area contributed by atoms with E-state index in [1.54, 1.807) is 19.2 Å². The van der Waals surface area contributed by atoms with Gasteiger partial charge in [0.1, 0.15) is 5.75 Å². The molecule has 2 unspecified atom stereocenters. The van der Waals surface area contributed by atoms with Gasteiger partial charge in [-0.1, -0.05) is 12.1 Å². The Kier molecular flexibility index (Phi) is 8.06. The summed E-state index contributed by atoms with van der Waals surface area (Å²) in [7, 11) is 2.48. The fraction of sp³-hybridized carbons (Fsp3) is 0.458. The van der Waals surface area contributed by atoms with E-state index < -0.39 is 21.6 Å². The third kappa shape index (κ3) is 5.45. The van der Waals surface area contributed by atoms with E-state index in [2.05, 4.69) is 5.32 Å². The number of methoxy groups -OCH3 is 4. The van der Waals surface area contributed by atoms with Crippen LogP contribution in [0.1, 0.15) is 28.8 Å². The summed E-state index contributed by atoms with van der Waals surface area (Å²) >= 11 is 0. The van der Waals surface area contributed by atoms with Crippen LogP contribution in [0.15, 0.2) is 36.4 Å². The first kappa shape index (κ1) is 25.8. The number of ether oxygens (including phenoxy) is 4. The molecule has 1 fully saturated rings. The summed E-state index contributed by atoms with van der Waals surface area (Å²) in [6, 6.07) is 10.4. The van der Waals surface area contributed by atoms with Gasteiger partial charge in [-0.3, -0.25) is 8.98 Å². The Morgan fingerprint density at radius 3 is 2.21 bits per heavy atom. The van der Waals surface area contributed by atoms with Crippen molar-refractivity contribution in [2.24, 2.45) is 0 Å². The van der Waals surface area contributed by atoms with Crippen molar-refractivity contribution in [2.75, 3.05) is 47.8 Å². The second-order valence-electron chi connectivity index (χ2n) is 8.17. The molecular weight excluding hydrogens is 462 g/mol. The monoisotopic (exact) mass is 493 g/mol. The van der Waals surface area contributed by atoms with Gasteiger partial charge in [-0.05, 0) is 42.7 Å². The van der Waals surface area contributed by atoms with Crippen LogP contribution in [0.3, 0.4) is 0 Å². The summed E-state index contributed by atoms with van der Waals surface area (Å²) in [5.74, 6) is 1.66. The van der Waals surface area contributed by atoms with Crippen molar-refractivity contribution in [1.29, 1.82) is 0 Å². The zero-order valence-electron chi connectivity index (χ0n) is 20.0. The molecule has 1 aliphatic heterocycles. The minimum absolute atomic E-state index is 0.00708. The first-order valence-electron chi connectivity index (χ1n) is 10.7. The molecule has 2 aromatic carbocycles. The van der Waals surface area contributed by atoms with Crippen molar-refractivity contribution in [3.8, 4) is 23.0 Å². The minimum Gasteiger partial charge on any atom is -0.497 e. The average molecular weight is 494 g/mol. The van der Waals surface area contributed by atoms with E-state index in [0.717, 1.165) is 11.8 Å². The van der Waals surface area contributed by atoms with Gasteiger partial charge in [0, 0.05) is 12.0 Å². The topological polar surface area (TPSA) is 109 Å². The van der Waals surface area contributed by atoms with Crippen LogP contribution in [0.2, 0.25) is 0 Å². The summed E-state index contributed by atoms with van der Waals surface area (Å²) in [4.78, 5) is 13.6. The largest absolute Gasteiger partial charge is 0.497 e. The zero-order chi connectivity index (χ0) is 24.9. The standard InChI is InChI=1S/C24H31NO8S/c1-29-17-8-6-16(7-9-17)24(12-13-33-34(5,27)28)14-19(25-15-24)21(26)18-10-11-20(30-2)23(32-4)22(18)31-3/h6-11,19,25H,12-15H2,1-5H3. The lowest BCUT2D eigenvalue weighted by Gasteiger charge is -2.29. The molecule has 0 radical (unpaired) electrons. The highest BCUT2D eigenvalue weighted by Gasteiger charge is 2.43. The number of ketones is 1. The van der Waals surface area contributed by atoms with Crippen LogP contribution in [-0.2, 0) is 19.7 Å². The molecule has 1 N–H and O–H groups in total. The minimum atomic E-state index is -3.58. The maximum absolute atomic E-state index is 13.6. The third-order valence-electron chi connectivity index (χ3n) is 6.15. The van der Waals surface area contributed by atoms with E-state index in [-0.39, 0.29) is 12.4 Å². The Morgan fingerprint density at radius 2 is 1.65 bits per heavy atom. The molecule has 0 aromatic heterocycles. The first-order chi connectivity index (χ1) is 16.2. The first-order valence-corrected chi connectivity index (χ1v) is 12.5. The fourth-order valence-electron chi connectivity index (χ4n) is 4.41. The molecule has 0 saturated carbocycles. The van der Waals surface area contributed by atoms with Crippen LogP contribution < -0.4 is 24.3 Å². The van der Waals surface area contributed by atoms with Gasteiger partial charge in [-0.25, -0.2) is 0 Å². The molecule has 0 bridgehead atoms. The number of benzene rings is 2. The van der Waals surface area contributed by atoms with E-state index in [1.165, 1.54) is 21.3 Å². The van der Waals surface area contributed by atoms with Gasteiger partial charge in [0.15, 0.2) is 17.3 Å². The van der Waals surface area contributed by atoms with Crippen molar-refractivity contribution in [2.45, 2.75) is 24.3 Å². The molecule has 1 saturated heterocycles. The predicted molar refractivity (Wildman–Crippen MR) is 127 cm³/mol. The number of carbonyl (C=O) groups is 1. The summed E-state index contributed by atoms with van der Waals surface area (Å²) in [6.45, 7) is 0.478. The Bertz CT molecular complexity index is 1120. The van der Waals surface area contributed by atoms with Crippen LogP contribution >= 0.6 is 0 Å². The second kappa shape index (κ2) is 10.6. The Hall–Kier alpha value is -2.82. The zero-order valence-corrected chi connectivity index (χ0v) is 20.9. The molecule has 0 amide bonds. The summed E-state index contributed by atoms with van der Waals surface area (Å²) in [6.07, 6.45) is 1.88. The van der Waals surface area contributed by atoms with Crippen LogP contribution in [0.5, 0.6) is 23.0 Å². The summed E-state index contributed by atoms with van der Waals surface area (Å²) < 4.78 is 49.6. The average Bonchev–Trinajstić information content (AvgIpc) is 3.27. The summed E-state index contributed by atoms with van der Waals surface area (Å²) in [5, 5.41) is 3.32. The van der Waals surface area contributed by atoms with Gasteiger partial charge in [-0.15, -0.1) is 0 Å². The van der Waals surface area contributed by atoms with Crippen molar-refractivity contribution in [3.63, 3.8) is 0 Å². The molecule has 2 aromatic rings. The van der Waals surface area contributed by atoms with E-state index in [4.69, 9.17) is 23.1 Å². The third-order valence-corrected chi connectivity index (χ3v) is 6.74. The Morgan fingerprint density at radius 1 is 0.971 bits per heavy atom. The maximum Gasteiger partial charge on any atom is 0.264 e. The quantitative estimate of drug-likeness (QED) is 0.373. The van der Waals surface area contributed by atoms with Crippen LogP contribution in [0.4, 0.5) is 0 Å². The maximum atomic E-state index is 13.6. The normalized spacial score (nSPS) is 20.1. The smallest absolute Gasteiger partial charge is 0.264 e. The van der Waals surface area contributed by atoms with Gasteiger partial charge in [0.2, 0.25) is 5.75 Å². The molecule has 2 atom stereocenters. The highest BCUT2D eigenvalue weighted by Crippen LogP contribution is 2.43. The lowest BCUT2D eigenvalue weighted by molar-refractivity contribution is 0.0944. The van der Waals surface area contributed by atoms with Gasteiger partial charge in [-0.2, -0.15) is 8.42 Å². The molecule has 1 aliphatic rings. The van der Waals surface area contributed by atoms with E-state index in [9.17, 15) is 13.2 Å². The number of hydrogen-bond donors (Lipinski definition) is 1. The van der Waals surface area contributed by atoms with Crippen LogP contribution in [-0.4, -0.2) is 68.1 Å². The van der Waals surface area contributed by atoms with Crippen LogP contribution in [0.25, 0.3) is 0 Å². The van der Waals surface area contributed by atoms with E-state index in [1.807, 2.05) is 24.3 Å². The predicted octanol–water partition coefficient (Wildman–Crippen LogP) is 2.57. The second-order valence-corrected chi connectivity index (χ2v) is 9.81. The molecule has 34 heavy (non-hydrogen) atoms. The highest BCUT2D eigenvalue weighted by atomic mass is 32.2. The van der Waals surface area contributed by atoms with Gasteiger partial charge in [0.25, 0.3) is 10.1 Å². The SMILES string of the molecule is COc1ccc(C2(CCOS(C)(=O)=O)CNC(C(=O)c3ccc(OC)c(OC)c3OC)C2)cc1. The molecule has 0 spiro atoms. The van der Waals surface area contributed by atoms with E-state index in [0.29, 0.717) is 47.9 Å². The Labute approximate surface area is 200 Å². The Balaban J connectivity index is 1.92. The van der Waals surface area contributed by atoms with Crippen molar-refractivity contribution in [3.05, 3.63) is 47.5 Å². The molecule has 9 nitrogen and oxygen atoms in total. The molecular formula is C24H31NO8S. The highest BCUT2D eigenvalue weighted by molar-refractivity contribution is 7.85. The lowest BCUT2D eigenvalue weighted by atomic mass is 9.75. The number of hydrogen-bond acceptors (Lipinski definition) is 9. The molecule has 1 heterocycles. The number of rotatable bonds is 11. The molecule has 10 heteroatoms. The molecule has 186 valence electrons. The van der Waals surface area contributed by atoms with Crippen LogP contribution in [0, 0.1) is 0 Å². The van der Waals surface area contributed by atoms with Gasteiger partial charge >= 0.3 is 0 Å². The number of Topliss-reactive ketones (excluding diaryl/α,β-unsaturated/α-hetero) is 1. The molecule has 0 aliphatic carbocycles. The molecule has 3 rings (SSSR count). The lowest BCUT2D eigenvalue weighted by Crippen LogP contribution is -2.31. The van der Waals surface area contributed by atoms with Crippen molar-refractivity contribution in [1.82, 2.24) is 5.32 Å². The van der Waals surface area contributed by atoms with Crippen molar-refractivity contribution < 1.29 is 36.3 Å². The van der Waals surface area contributed by atoms with Gasteiger partial charge < -0.3 is 24.3 Å². The van der Waals surface area contributed by atoms with E-state index >= 15 is 0 Å².